The summed E-state index contributed by atoms with van der Waals surface area (Å²) < 4.78 is 16.1. The first kappa shape index (κ1) is 21.2. The molecule has 5 rings (SSSR count). The fraction of sp³-hybridized carbons (Fsp3) is 0.360. The van der Waals surface area contributed by atoms with Crippen molar-refractivity contribution >= 4 is 22.8 Å². The second-order valence-electron chi connectivity index (χ2n) is 8.54. The highest BCUT2D eigenvalue weighted by molar-refractivity contribution is 6.08. The molecule has 2 aliphatic heterocycles. The molecule has 8 nitrogen and oxygen atoms in total. The predicted octanol–water partition coefficient (Wildman–Crippen LogP) is 3.47. The number of carbonyl (C=O) groups excluding carboxylic acids is 2. The Kier molecular flexibility index (Phi) is 4.96. The highest BCUT2D eigenvalue weighted by atomic mass is 16.5. The normalized spacial score (nSPS) is 19.6. The molecule has 3 aromatic rings. The molecule has 1 aromatic heterocycles. The molecule has 2 aromatic carbocycles. The summed E-state index contributed by atoms with van der Waals surface area (Å²) in [5.74, 6) is 1.83. The van der Waals surface area contributed by atoms with Gasteiger partial charge in [0.15, 0.2) is 17.0 Å². The third-order valence-electron chi connectivity index (χ3n) is 6.92. The number of amides is 3. The number of nitrogens with zero attached hydrogens (tertiary/aromatic N) is 2. The maximum Gasteiger partial charge on any atom is 0.328 e. The molecule has 0 bridgehead atoms. The van der Waals surface area contributed by atoms with Crippen molar-refractivity contribution in [2.75, 3.05) is 34.4 Å². The van der Waals surface area contributed by atoms with Crippen LogP contribution in [0.5, 0.6) is 17.2 Å². The van der Waals surface area contributed by atoms with Crippen LogP contribution in [0.1, 0.15) is 23.7 Å². The van der Waals surface area contributed by atoms with E-state index >= 15 is 0 Å². The van der Waals surface area contributed by atoms with Gasteiger partial charge in [0.25, 0.3) is 5.91 Å². The Morgan fingerprint density at radius 1 is 1.00 bits per heavy atom. The summed E-state index contributed by atoms with van der Waals surface area (Å²) in [4.78, 5) is 33.4. The highest BCUT2D eigenvalue weighted by Gasteiger charge is 2.58. The first-order valence-electron chi connectivity index (χ1n) is 11.0. The minimum Gasteiger partial charge on any atom is -0.497 e. The number of hydrogen-bond donors (Lipinski definition) is 1. The molecule has 172 valence electrons. The van der Waals surface area contributed by atoms with Gasteiger partial charge in [-0.3, -0.25) is 9.69 Å². The van der Waals surface area contributed by atoms with E-state index in [1.165, 1.54) is 4.90 Å². The van der Waals surface area contributed by atoms with Gasteiger partial charge in [-0.25, -0.2) is 4.79 Å². The van der Waals surface area contributed by atoms with Gasteiger partial charge in [-0.2, -0.15) is 0 Å². The number of carbonyl (C=O) groups is 2. The maximum absolute atomic E-state index is 13.7. The van der Waals surface area contributed by atoms with E-state index in [0.29, 0.717) is 37.4 Å². The number of hydrogen-bond acceptors (Lipinski definition) is 5. The van der Waals surface area contributed by atoms with Crippen LogP contribution in [0.25, 0.3) is 10.9 Å². The Labute approximate surface area is 192 Å². The lowest BCUT2D eigenvalue weighted by atomic mass is 9.87. The van der Waals surface area contributed by atoms with Crippen LogP contribution in [-0.2, 0) is 23.2 Å². The van der Waals surface area contributed by atoms with E-state index in [2.05, 4.69) is 4.98 Å². The zero-order valence-electron chi connectivity index (χ0n) is 19.2. The topological polar surface area (TPSA) is 84.1 Å². The Balaban J connectivity index is 1.45. The largest absolute Gasteiger partial charge is 0.497 e. The van der Waals surface area contributed by atoms with Gasteiger partial charge in [0, 0.05) is 24.0 Å². The van der Waals surface area contributed by atoms with Crippen LogP contribution in [0.15, 0.2) is 36.4 Å². The molecular formula is C25H27N3O5. The molecule has 0 aliphatic carbocycles. The van der Waals surface area contributed by atoms with Gasteiger partial charge in [-0.1, -0.05) is 6.07 Å². The minimum atomic E-state index is -1.05. The first-order chi connectivity index (χ1) is 15.9. The summed E-state index contributed by atoms with van der Waals surface area (Å²) >= 11 is 0. The lowest BCUT2D eigenvalue weighted by molar-refractivity contribution is -0.133. The van der Waals surface area contributed by atoms with Crippen LogP contribution in [0, 0.1) is 0 Å². The predicted molar refractivity (Wildman–Crippen MR) is 123 cm³/mol. The number of rotatable bonds is 6. The summed E-state index contributed by atoms with van der Waals surface area (Å²) in [7, 11) is 4.81. The number of nitrogens with one attached hydrogen (secondary N) is 1. The van der Waals surface area contributed by atoms with Crippen molar-refractivity contribution < 1.29 is 23.8 Å². The zero-order valence-corrected chi connectivity index (χ0v) is 19.2. The second kappa shape index (κ2) is 7.72. The third-order valence-corrected chi connectivity index (χ3v) is 6.92. The van der Waals surface area contributed by atoms with Crippen molar-refractivity contribution in [1.82, 2.24) is 14.8 Å². The number of imide groups is 1. The van der Waals surface area contributed by atoms with Gasteiger partial charge < -0.3 is 24.1 Å². The number of fused-ring (bicyclic) bond motifs is 5. The molecule has 0 spiro atoms. The fourth-order valence-electron chi connectivity index (χ4n) is 5.09. The molecule has 1 N–H and O–H groups in total. The molecule has 0 radical (unpaired) electrons. The molecule has 1 atom stereocenters. The van der Waals surface area contributed by atoms with E-state index in [4.69, 9.17) is 14.2 Å². The third kappa shape index (κ3) is 3.04. The smallest absolute Gasteiger partial charge is 0.328 e. The number of urea groups is 1. The standard InChI is InChI=1S/C25H27N3O5/c1-25-22-17(18-14-16(31-2)6-7-19(18)26-22)10-12-28(25)24(30)27(23(25)29)11-9-15-5-8-20(32-3)21(13-15)33-4/h5-8,13-14,26H,9-12H2,1-4H3. The van der Waals surface area contributed by atoms with Crippen LogP contribution in [0.4, 0.5) is 4.79 Å². The average molecular weight is 450 g/mol. The number of methoxy groups -OCH3 is 3. The van der Waals surface area contributed by atoms with Gasteiger partial charge in [0.05, 0.1) is 27.0 Å². The summed E-state index contributed by atoms with van der Waals surface area (Å²) in [5.41, 5.74) is 2.72. The zero-order chi connectivity index (χ0) is 23.3. The fourth-order valence-corrected chi connectivity index (χ4v) is 5.09. The van der Waals surface area contributed by atoms with Crippen LogP contribution in [0.2, 0.25) is 0 Å². The first-order valence-corrected chi connectivity index (χ1v) is 11.0. The quantitative estimate of drug-likeness (QED) is 0.583. The molecule has 33 heavy (non-hydrogen) atoms. The van der Waals surface area contributed by atoms with Crippen molar-refractivity contribution in [3.63, 3.8) is 0 Å². The summed E-state index contributed by atoms with van der Waals surface area (Å²) in [5, 5.41) is 1.04. The molecule has 8 heteroatoms. The lowest BCUT2D eigenvalue weighted by Gasteiger charge is -2.36. The van der Waals surface area contributed by atoms with Crippen molar-refractivity contribution in [2.24, 2.45) is 0 Å². The molecule has 3 heterocycles. The maximum atomic E-state index is 13.7. The van der Waals surface area contributed by atoms with Gasteiger partial charge in [0.2, 0.25) is 0 Å². The SMILES string of the molecule is COc1ccc2[nH]c3c(c2c1)CCN1C(=O)N(CCc2ccc(OC)c(OC)c2)C(=O)C31C. The van der Waals surface area contributed by atoms with Gasteiger partial charge in [-0.05, 0) is 61.2 Å². The number of benzene rings is 2. The average Bonchev–Trinajstić information content (AvgIpc) is 3.30. The van der Waals surface area contributed by atoms with Crippen molar-refractivity contribution in [2.45, 2.75) is 25.3 Å². The Morgan fingerprint density at radius 2 is 1.79 bits per heavy atom. The molecule has 1 unspecified atom stereocenters. The molecule has 2 aliphatic rings. The van der Waals surface area contributed by atoms with E-state index in [1.54, 1.807) is 26.2 Å². The summed E-state index contributed by atoms with van der Waals surface area (Å²) in [6, 6.07) is 11.2. The summed E-state index contributed by atoms with van der Waals surface area (Å²) in [6.45, 7) is 2.63. The number of aromatic amines is 1. The molecular weight excluding hydrogens is 422 g/mol. The number of aromatic nitrogens is 1. The van der Waals surface area contributed by atoms with Crippen LogP contribution < -0.4 is 14.2 Å². The van der Waals surface area contributed by atoms with E-state index in [0.717, 1.165) is 33.5 Å². The highest BCUT2D eigenvalue weighted by Crippen LogP contribution is 2.44. The molecule has 1 saturated heterocycles. The van der Waals surface area contributed by atoms with Crippen LogP contribution in [0.3, 0.4) is 0 Å². The monoisotopic (exact) mass is 449 g/mol. The molecule has 3 amide bonds. The number of H-pyrrole nitrogens is 1. The number of ether oxygens (including phenoxy) is 3. The van der Waals surface area contributed by atoms with E-state index in [-0.39, 0.29) is 11.9 Å². The van der Waals surface area contributed by atoms with E-state index in [9.17, 15) is 9.59 Å². The van der Waals surface area contributed by atoms with E-state index in [1.807, 2.05) is 43.3 Å². The van der Waals surface area contributed by atoms with Gasteiger partial charge >= 0.3 is 6.03 Å². The molecule has 1 fully saturated rings. The Bertz CT molecular complexity index is 1270. The van der Waals surface area contributed by atoms with Gasteiger partial charge in [0.1, 0.15) is 5.75 Å². The van der Waals surface area contributed by atoms with Crippen molar-refractivity contribution in [3.05, 3.63) is 53.2 Å². The van der Waals surface area contributed by atoms with Crippen LogP contribution in [-0.4, -0.2) is 61.1 Å². The lowest BCUT2D eigenvalue weighted by Crippen LogP contribution is -2.49. The van der Waals surface area contributed by atoms with Crippen molar-refractivity contribution in [3.8, 4) is 17.2 Å². The van der Waals surface area contributed by atoms with Crippen LogP contribution >= 0.6 is 0 Å². The second-order valence-corrected chi connectivity index (χ2v) is 8.54. The van der Waals surface area contributed by atoms with E-state index < -0.39 is 5.54 Å². The Hall–Kier alpha value is -3.68. The minimum absolute atomic E-state index is 0.201. The molecule has 0 saturated carbocycles. The Morgan fingerprint density at radius 3 is 2.52 bits per heavy atom. The summed E-state index contributed by atoms with van der Waals surface area (Å²) in [6.07, 6.45) is 1.21. The van der Waals surface area contributed by atoms with Gasteiger partial charge in [-0.15, -0.1) is 0 Å². The van der Waals surface area contributed by atoms with Crippen molar-refractivity contribution in [1.29, 1.82) is 0 Å².